The highest BCUT2D eigenvalue weighted by Gasteiger charge is 2.32. The lowest BCUT2D eigenvalue weighted by molar-refractivity contribution is -0.135. The molecule has 6 heteroatoms. The number of amides is 3. The fraction of sp³-hybridized carbons (Fsp3) is 0.435. The van der Waals surface area contributed by atoms with Crippen LogP contribution in [0, 0.1) is 0 Å². The number of piperidine rings is 1. The quantitative estimate of drug-likeness (QED) is 0.706. The van der Waals surface area contributed by atoms with Gasteiger partial charge in [0.15, 0.2) is 0 Å². The normalized spacial score (nSPS) is 19.1. The first kappa shape index (κ1) is 19.6. The summed E-state index contributed by atoms with van der Waals surface area (Å²) in [6.45, 7) is 4.24. The fourth-order valence-electron chi connectivity index (χ4n) is 4.37. The molecule has 0 saturated carbocycles. The molecule has 4 rings (SSSR count). The molecule has 2 aromatic rings. The number of likely N-dealkylation sites (tertiary alicyclic amines) is 1. The number of ether oxygens (including phenoxy) is 1. The summed E-state index contributed by atoms with van der Waals surface area (Å²) in [4.78, 5) is 41.5. The Morgan fingerprint density at radius 3 is 2.45 bits per heavy atom. The van der Waals surface area contributed by atoms with Gasteiger partial charge < -0.3 is 9.64 Å². The van der Waals surface area contributed by atoms with Gasteiger partial charge in [-0.15, -0.1) is 0 Å². The van der Waals surface area contributed by atoms with E-state index in [1.54, 1.807) is 12.1 Å². The van der Waals surface area contributed by atoms with Crippen molar-refractivity contribution in [2.75, 3.05) is 26.2 Å². The summed E-state index contributed by atoms with van der Waals surface area (Å²) < 4.78 is 5.66. The predicted molar refractivity (Wildman–Crippen MR) is 110 cm³/mol. The second kappa shape index (κ2) is 8.33. The number of carbonyl (C=O) groups is 3. The Kier molecular flexibility index (Phi) is 5.62. The molecule has 3 amide bonds. The number of imide groups is 1. The van der Waals surface area contributed by atoms with Crippen molar-refractivity contribution in [1.29, 1.82) is 0 Å². The predicted octanol–water partition coefficient (Wildman–Crippen LogP) is 3.24. The van der Waals surface area contributed by atoms with Crippen molar-refractivity contribution in [2.24, 2.45) is 0 Å². The summed E-state index contributed by atoms with van der Waals surface area (Å²) in [5.41, 5.74) is 1.11. The van der Waals surface area contributed by atoms with E-state index in [9.17, 15) is 14.4 Å². The van der Waals surface area contributed by atoms with Gasteiger partial charge in [0.2, 0.25) is 5.91 Å². The van der Waals surface area contributed by atoms with E-state index in [1.165, 1.54) is 4.90 Å². The van der Waals surface area contributed by atoms with E-state index >= 15 is 0 Å². The molecule has 0 aromatic heterocycles. The lowest BCUT2D eigenvalue weighted by Crippen LogP contribution is -2.44. The van der Waals surface area contributed by atoms with Crippen LogP contribution in [-0.2, 0) is 9.53 Å². The lowest BCUT2D eigenvalue weighted by Gasteiger charge is -2.33. The minimum atomic E-state index is -0.277. The molecule has 0 bridgehead atoms. The molecule has 2 heterocycles. The van der Waals surface area contributed by atoms with E-state index in [0.717, 1.165) is 30.2 Å². The molecule has 2 aliphatic heterocycles. The molecule has 2 aliphatic rings. The van der Waals surface area contributed by atoms with Gasteiger partial charge in [-0.1, -0.05) is 24.3 Å². The zero-order chi connectivity index (χ0) is 20.4. The summed E-state index contributed by atoms with van der Waals surface area (Å²) in [5, 5.41) is 1.62. The van der Waals surface area contributed by atoms with Crippen LogP contribution in [0.25, 0.3) is 10.8 Å². The molecule has 0 aliphatic carbocycles. The molecule has 152 valence electrons. The first-order valence-electron chi connectivity index (χ1n) is 10.4. The van der Waals surface area contributed by atoms with Crippen molar-refractivity contribution < 1.29 is 19.1 Å². The molecular formula is C23H26N2O4. The van der Waals surface area contributed by atoms with Crippen LogP contribution in [0.1, 0.15) is 53.3 Å². The average Bonchev–Trinajstić information content (AvgIpc) is 2.74. The lowest BCUT2D eigenvalue weighted by atomic mass is 9.94. The second-order valence-corrected chi connectivity index (χ2v) is 7.63. The third-order valence-corrected chi connectivity index (χ3v) is 5.76. The topological polar surface area (TPSA) is 66.9 Å². The van der Waals surface area contributed by atoms with Crippen LogP contribution in [0.2, 0.25) is 0 Å². The van der Waals surface area contributed by atoms with Crippen LogP contribution in [0.5, 0.6) is 0 Å². The minimum absolute atomic E-state index is 0.0637. The molecule has 0 spiro atoms. The van der Waals surface area contributed by atoms with Crippen molar-refractivity contribution in [2.45, 2.75) is 38.7 Å². The van der Waals surface area contributed by atoms with E-state index < -0.39 is 0 Å². The fourth-order valence-corrected chi connectivity index (χ4v) is 4.37. The van der Waals surface area contributed by atoms with E-state index in [-0.39, 0.29) is 30.4 Å². The Morgan fingerprint density at radius 2 is 1.79 bits per heavy atom. The maximum Gasteiger partial charge on any atom is 0.261 e. The van der Waals surface area contributed by atoms with Crippen molar-refractivity contribution in [1.82, 2.24) is 9.80 Å². The van der Waals surface area contributed by atoms with Gasteiger partial charge in [0.1, 0.15) is 0 Å². The Labute approximate surface area is 170 Å². The van der Waals surface area contributed by atoms with Crippen molar-refractivity contribution in [3.63, 3.8) is 0 Å². The van der Waals surface area contributed by atoms with Gasteiger partial charge in [0.05, 0.1) is 6.10 Å². The number of hydrogen-bond acceptors (Lipinski definition) is 4. The summed E-state index contributed by atoms with van der Waals surface area (Å²) >= 11 is 0. The average molecular weight is 394 g/mol. The molecule has 1 atom stereocenters. The molecule has 6 nitrogen and oxygen atoms in total. The SMILES string of the molecule is CCOC1CCCN(C(=O)CCCN2C(=O)c3cccc4cccc(c34)C2=O)C1. The van der Waals surface area contributed by atoms with Crippen LogP contribution < -0.4 is 0 Å². The summed E-state index contributed by atoms with van der Waals surface area (Å²) in [6.07, 6.45) is 2.83. The second-order valence-electron chi connectivity index (χ2n) is 7.63. The third-order valence-electron chi connectivity index (χ3n) is 5.76. The standard InChI is InChI=1S/C23H26N2O4/c1-2-29-17-9-5-13-24(15-17)20(26)12-6-14-25-22(27)18-10-3-7-16-8-4-11-19(21(16)18)23(25)28/h3-4,7-8,10-11,17H,2,5-6,9,12-15H2,1H3. The first-order valence-corrected chi connectivity index (χ1v) is 10.4. The van der Waals surface area contributed by atoms with Gasteiger partial charge in [0, 0.05) is 49.2 Å². The molecule has 0 radical (unpaired) electrons. The molecule has 2 aromatic carbocycles. The number of benzene rings is 2. The van der Waals surface area contributed by atoms with Crippen LogP contribution in [0.4, 0.5) is 0 Å². The highest BCUT2D eigenvalue weighted by molar-refractivity contribution is 6.25. The summed E-state index contributed by atoms with van der Waals surface area (Å²) in [7, 11) is 0. The van der Waals surface area contributed by atoms with Gasteiger partial charge in [-0.2, -0.15) is 0 Å². The monoisotopic (exact) mass is 394 g/mol. The summed E-state index contributed by atoms with van der Waals surface area (Å²) in [6, 6.07) is 11.0. The van der Waals surface area contributed by atoms with Crippen molar-refractivity contribution in [3.8, 4) is 0 Å². The van der Waals surface area contributed by atoms with Gasteiger partial charge >= 0.3 is 0 Å². The first-order chi connectivity index (χ1) is 14.1. The van der Waals surface area contributed by atoms with E-state index in [1.807, 2.05) is 36.1 Å². The smallest absolute Gasteiger partial charge is 0.261 e. The van der Waals surface area contributed by atoms with Crippen LogP contribution in [0.3, 0.4) is 0 Å². The highest BCUT2D eigenvalue weighted by atomic mass is 16.5. The molecule has 0 N–H and O–H groups in total. The molecule has 1 saturated heterocycles. The van der Waals surface area contributed by atoms with Gasteiger partial charge in [-0.3, -0.25) is 19.3 Å². The molecule has 1 fully saturated rings. The van der Waals surface area contributed by atoms with Gasteiger partial charge in [-0.25, -0.2) is 0 Å². The van der Waals surface area contributed by atoms with Gasteiger partial charge in [-0.05, 0) is 43.7 Å². The van der Waals surface area contributed by atoms with E-state index in [0.29, 0.717) is 37.1 Å². The number of rotatable bonds is 6. The summed E-state index contributed by atoms with van der Waals surface area (Å²) in [5.74, 6) is -0.490. The largest absolute Gasteiger partial charge is 0.377 e. The Hall–Kier alpha value is -2.73. The zero-order valence-corrected chi connectivity index (χ0v) is 16.7. The molecule has 29 heavy (non-hydrogen) atoms. The van der Waals surface area contributed by atoms with Crippen LogP contribution >= 0.6 is 0 Å². The Bertz CT molecular complexity index is 902. The maximum absolute atomic E-state index is 12.9. The van der Waals surface area contributed by atoms with E-state index in [2.05, 4.69) is 0 Å². The van der Waals surface area contributed by atoms with Crippen LogP contribution in [0.15, 0.2) is 36.4 Å². The molecule has 1 unspecified atom stereocenters. The third kappa shape index (κ3) is 3.77. The highest BCUT2D eigenvalue weighted by Crippen LogP contribution is 2.30. The minimum Gasteiger partial charge on any atom is -0.377 e. The number of carbonyl (C=O) groups excluding carboxylic acids is 3. The van der Waals surface area contributed by atoms with E-state index in [4.69, 9.17) is 4.74 Å². The van der Waals surface area contributed by atoms with Crippen molar-refractivity contribution >= 4 is 28.5 Å². The maximum atomic E-state index is 12.9. The van der Waals surface area contributed by atoms with Crippen LogP contribution in [-0.4, -0.2) is 59.9 Å². The number of hydrogen-bond donors (Lipinski definition) is 0. The van der Waals surface area contributed by atoms with Crippen molar-refractivity contribution in [3.05, 3.63) is 47.5 Å². The number of nitrogens with zero attached hydrogens (tertiary/aromatic N) is 2. The Balaban J connectivity index is 1.40. The zero-order valence-electron chi connectivity index (χ0n) is 16.7. The Morgan fingerprint density at radius 1 is 1.10 bits per heavy atom. The van der Waals surface area contributed by atoms with Gasteiger partial charge in [0.25, 0.3) is 11.8 Å². The molecular weight excluding hydrogens is 368 g/mol.